The van der Waals surface area contributed by atoms with Crippen molar-refractivity contribution in [3.8, 4) is 5.75 Å². The monoisotopic (exact) mass is 419 g/mol. The fourth-order valence-electron chi connectivity index (χ4n) is 2.80. The highest BCUT2D eigenvalue weighted by Crippen LogP contribution is 2.26. The van der Waals surface area contributed by atoms with Gasteiger partial charge in [0.1, 0.15) is 16.2 Å². The molecule has 0 aliphatic rings. The first kappa shape index (κ1) is 18.9. The number of pyridine rings is 1. The summed E-state index contributed by atoms with van der Waals surface area (Å²) in [5.41, 5.74) is 1.34. The molecule has 0 spiro atoms. The highest BCUT2D eigenvalue weighted by atomic mass is 32.1. The number of hydrogen-bond donors (Lipinski definition) is 1. The largest absolute Gasteiger partial charge is 0.573 e. The van der Waals surface area contributed by atoms with Crippen molar-refractivity contribution in [1.29, 1.82) is 0 Å². The van der Waals surface area contributed by atoms with Gasteiger partial charge in [-0.05, 0) is 48.9 Å². The molecule has 1 aromatic carbocycles. The summed E-state index contributed by atoms with van der Waals surface area (Å²) in [5.74, 6) is -0.890. The van der Waals surface area contributed by atoms with E-state index >= 15 is 0 Å². The van der Waals surface area contributed by atoms with Gasteiger partial charge in [0.15, 0.2) is 0 Å². The van der Waals surface area contributed by atoms with Crippen LogP contribution >= 0.6 is 11.3 Å². The van der Waals surface area contributed by atoms with Crippen molar-refractivity contribution in [2.75, 3.05) is 5.32 Å². The number of carbonyl (C=O) groups is 1. The van der Waals surface area contributed by atoms with E-state index in [1.54, 1.807) is 12.3 Å². The molecule has 1 amide bonds. The van der Waals surface area contributed by atoms with Crippen LogP contribution in [-0.4, -0.2) is 21.7 Å². The zero-order chi connectivity index (χ0) is 20.8. The van der Waals surface area contributed by atoms with Crippen LogP contribution in [0.15, 0.2) is 53.5 Å². The number of nitrogens with one attached hydrogen (secondary N) is 1. The lowest BCUT2D eigenvalue weighted by atomic mass is 10.2. The Morgan fingerprint density at radius 2 is 1.93 bits per heavy atom. The van der Waals surface area contributed by atoms with Gasteiger partial charge in [0.05, 0.1) is 10.3 Å². The van der Waals surface area contributed by atoms with Gasteiger partial charge in [-0.3, -0.25) is 14.0 Å². The Morgan fingerprint density at radius 1 is 1.21 bits per heavy atom. The second-order valence-corrected chi connectivity index (χ2v) is 7.19. The van der Waals surface area contributed by atoms with Crippen LogP contribution in [0.5, 0.6) is 5.75 Å². The van der Waals surface area contributed by atoms with E-state index in [1.807, 2.05) is 13.0 Å². The summed E-state index contributed by atoms with van der Waals surface area (Å²) in [5, 5.41) is 2.90. The Hall–Kier alpha value is -3.40. The van der Waals surface area contributed by atoms with Gasteiger partial charge in [0.25, 0.3) is 11.5 Å². The molecular formula is C19H12F3N3O3S. The van der Waals surface area contributed by atoms with E-state index in [2.05, 4.69) is 15.0 Å². The highest BCUT2D eigenvalue weighted by Gasteiger charge is 2.31. The first-order chi connectivity index (χ1) is 13.7. The SMILES string of the molecule is Cc1cccn2c(=O)c3cc(C(=O)Nc4ccc(OC(F)(F)F)cc4)sc3nc12. The van der Waals surface area contributed by atoms with E-state index in [1.165, 1.54) is 22.6 Å². The number of halogens is 3. The first-order valence-electron chi connectivity index (χ1n) is 8.30. The van der Waals surface area contributed by atoms with Gasteiger partial charge in [-0.25, -0.2) is 4.98 Å². The predicted molar refractivity (Wildman–Crippen MR) is 103 cm³/mol. The van der Waals surface area contributed by atoms with Gasteiger partial charge in [-0.1, -0.05) is 6.07 Å². The molecule has 0 aliphatic heterocycles. The van der Waals surface area contributed by atoms with E-state index in [4.69, 9.17) is 0 Å². The molecule has 29 heavy (non-hydrogen) atoms. The van der Waals surface area contributed by atoms with E-state index in [9.17, 15) is 22.8 Å². The van der Waals surface area contributed by atoms with Crippen LogP contribution < -0.4 is 15.6 Å². The lowest BCUT2D eigenvalue weighted by Gasteiger charge is -2.09. The van der Waals surface area contributed by atoms with Crippen molar-refractivity contribution >= 4 is 38.8 Å². The van der Waals surface area contributed by atoms with Crippen LogP contribution in [0, 0.1) is 6.92 Å². The minimum absolute atomic E-state index is 0.258. The molecule has 3 aromatic heterocycles. The average molecular weight is 419 g/mol. The fourth-order valence-corrected chi connectivity index (χ4v) is 3.72. The van der Waals surface area contributed by atoms with Crippen LogP contribution in [-0.2, 0) is 0 Å². The van der Waals surface area contributed by atoms with Gasteiger partial charge >= 0.3 is 6.36 Å². The zero-order valence-corrected chi connectivity index (χ0v) is 15.6. The van der Waals surface area contributed by atoms with Crippen molar-refractivity contribution in [3.63, 3.8) is 0 Å². The minimum atomic E-state index is -4.79. The molecule has 6 nitrogen and oxygen atoms in total. The summed E-state index contributed by atoms with van der Waals surface area (Å²) >= 11 is 1.06. The summed E-state index contributed by atoms with van der Waals surface area (Å²) in [6, 6.07) is 9.80. The third-order valence-electron chi connectivity index (χ3n) is 4.10. The standard InChI is InChI=1S/C19H12F3N3O3S/c1-10-3-2-8-25-15(10)24-17-13(18(25)27)9-14(29-17)16(26)23-11-4-6-12(7-5-11)28-19(20,21)22/h2-9H,1H3,(H,23,26). The third kappa shape index (κ3) is 3.79. The number of amides is 1. The molecule has 0 atom stereocenters. The average Bonchev–Trinajstić information content (AvgIpc) is 3.08. The maximum atomic E-state index is 12.7. The predicted octanol–water partition coefficient (Wildman–Crippen LogP) is 4.37. The summed E-state index contributed by atoms with van der Waals surface area (Å²) in [4.78, 5) is 30.4. The van der Waals surface area contributed by atoms with Crippen molar-refractivity contribution in [3.05, 3.63) is 69.5 Å². The number of anilines is 1. The van der Waals surface area contributed by atoms with Gasteiger partial charge in [-0.15, -0.1) is 24.5 Å². The molecule has 4 rings (SSSR count). The maximum Gasteiger partial charge on any atom is 0.573 e. The second kappa shape index (κ2) is 6.89. The molecule has 1 N–H and O–H groups in total. The Morgan fingerprint density at radius 3 is 2.62 bits per heavy atom. The number of hydrogen-bond acceptors (Lipinski definition) is 5. The molecule has 0 saturated carbocycles. The lowest BCUT2D eigenvalue weighted by Crippen LogP contribution is -2.17. The Kier molecular flexibility index (Phi) is 4.50. The summed E-state index contributed by atoms with van der Waals surface area (Å²) < 4.78 is 41.8. The molecular weight excluding hydrogens is 407 g/mol. The Balaban J connectivity index is 1.62. The summed E-state index contributed by atoms with van der Waals surface area (Å²) in [6.07, 6.45) is -3.18. The number of aryl methyl sites for hydroxylation is 1. The fraction of sp³-hybridized carbons (Fsp3) is 0.105. The molecule has 10 heteroatoms. The third-order valence-corrected chi connectivity index (χ3v) is 5.13. The second-order valence-electron chi connectivity index (χ2n) is 6.16. The van der Waals surface area contributed by atoms with Crippen molar-refractivity contribution in [1.82, 2.24) is 9.38 Å². The van der Waals surface area contributed by atoms with Gasteiger partial charge in [0, 0.05) is 11.9 Å². The minimum Gasteiger partial charge on any atom is -0.406 e. The van der Waals surface area contributed by atoms with E-state index in [-0.39, 0.29) is 16.1 Å². The molecule has 0 fully saturated rings. The normalized spacial score (nSPS) is 11.7. The van der Waals surface area contributed by atoms with Crippen molar-refractivity contribution < 1.29 is 22.7 Å². The van der Waals surface area contributed by atoms with E-state index in [0.717, 1.165) is 29.0 Å². The van der Waals surface area contributed by atoms with Crippen molar-refractivity contribution in [2.45, 2.75) is 13.3 Å². The topological polar surface area (TPSA) is 72.7 Å². The molecule has 0 radical (unpaired) electrons. The number of nitrogens with zero attached hydrogens (tertiary/aromatic N) is 2. The van der Waals surface area contributed by atoms with Crippen LogP contribution in [0.4, 0.5) is 18.9 Å². The van der Waals surface area contributed by atoms with Crippen LogP contribution in [0.3, 0.4) is 0 Å². The number of carbonyl (C=O) groups excluding carboxylic acids is 1. The Bertz CT molecular complexity index is 1290. The van der Waals surface area contributed by atoms with E-state index < -0.39 is 18.0 Å². The number of aromatic nitrogens is 2. The number of alkyl halides is 3. The number of ether oxygens (including phenoxy) is 1. The molecule has 0 unspecified atom stereocenters. The quantitative estimate of drug-likeness (QED) is 0.535. The molecule has 148 valence electrons. The van der Waals surface area contributed by atoms with Gasteiger partial charge in [0.2, 0.25) is 0 Å². The smallest absolute Gasteiger partial charge is 0.406 e. The number of benzene rings is 1. The Labute approximate surface area is 165 Å². The molecule has 4 aromatic rings. The maximum absolute atomic E-state index is 12.7. The first-order valence-corrected chi connectivity index (χ1v) is 9.11. The van der Waals surface area contributed by atoms with Crippen molar-refractivity contribution in [2.24, 2.45) is 0 Å². The van der Waals surface area contributed by atoms with Crippen LogP contribution in [0.25, 0.3) is 15.9 Å². The highest BCUT2D eigenvalue weighted by molar-refractivity contribution is 7.20. The van der Waals surface area contributed by atoms with Gasteiger partial charge < -0.3 is 10.1 Å². The molecule has 0 saturated heterocycles. The van der Waals surface area contributed by atoms with E-state index in [0.29, 0.717) is 15.9 Å². The summed E-state index contributed by atoms with van der Waals surface area (Å²) in [6.45, 7) is 1.83. The molecule has 0 bridgehead atoms. The molecule has 0 aliphatic carbocycles. The zero-order valence-electron chi connectivity index (χ0n) is 14.8. The number of fused-ring (bicyclic) bond motifs is 2. The molecule has 3 heterocycles. The lowest BCUT2D eigenvalue weighted by molar-refractivity contribution is -0.274. The number of thiophene rings is 1. The van der Waals surface area contributed by atoms with Crippen LogP contribution in [0.1, 0.15) is 15.2 Å². The summed E-state index contributed by atoms with van der Waals surface area (Å²) in [7, 11) is 0. The van der Waals surface area contributed by atoms with Crippen LogP contribution in [0.2, 0.25) is 0 Å². The number of rotatable bonds is 3. The van der Waals surface area contributed by atoms with Gasteiger partial charge in [-0.2, -0.15) is 0 Å².